The second kappa shape index (κ2) is 8.01. The fourth-order valence-electron chi connectivity index (χ4n) is 2.10. The van der Waals surface area contributed by atoms with Crippen molar-refractivity contribution in [2.45, 2.75) is 19.9 Å². The Balaban J connectivity index is 1.96. The summed E-state index contributed by atoms with van der Waals surface area (Å²) in [5.74, 6) is 0.0424. The monoisotopic (exact) mass is 327 g/mol. The van der Waals surface area contributed by atoms with Crippen LogP contribution in [0.4, 0.5) is 5.69 Å². The first-order valence-corrected chi connectivity index (χ1v) is 7.54. The van der Waals surface area contributed by atoms with Crippen molar-refractivity contribution in [3.63, 3.8) is 0 Å². The summed E-state index contributed by atoms with van der Waals surface area (Å²) in [4.78, 5) is 12.1. The molecule has 0 aliphatic carbocycles. The van der Waals surface area contributed by atoms with Crippen molar-refractivity contribution >= 4 is 17.8 Å². The third-order valence-corrected chi connectivity index (χ3v) is 3.54. The Bertz CT molecular complexity index is 744. The number of methoxy groups -OCH3 is 1. The molecule has 2 rings (SSSR count). The second-order valence-corrected chi connectivity index (χ2v) is 5.31. The van der Waals surface area contributed by atoms with Crippen molar-refractivity contribution in [2.24, 2.45) is 5.10 Å². The smallest absolute Gasteiger partial charge is 0.262 e. The van der Waals surface area contributed by atoms with E-state index in [-0.39, 0.29) is 11.7 Å². The minimum Gasteiger partial charge on any atom is -0.504 e. The number of benzene rings is 2. The lowest BCUT2D eigenvalue weighted by molar-refractivity contribution is -0.121. The number of aromatic hydroxyl groups is 1. The number of hydrogen-bond donors (Lipinski definition) is 3. The summed E-state index contributed by atoms with van der Waals surface area (Å²) in [7, 11) is 1.47. The van der Waals surface area contributed by atoms with Gasteiger partial charge in [0.1, 0.15) is 6.04 Å². The maximum Gasteiger partial charge on any atom is 0.262 e. The van der Waals surface area contributed by atoms with E-state index in [0.29, 0.717) is 11.3 Å². The van der Waals surface area contributed by atoms with Crippen LogP contribution in [0.3, 0.4) is 0 Å². The van der Waals surface area contributed by atoms with Gasteiger partial charge in [-0.1, -0.05) is 24.3 Å². The summed E-state index contributed by atoms with van der Waals surface area (Å²) in [6.45, 7) is 3.72. The predicted molar refractivity (Wildman–Crippen MR) is 94.7 cm³/mol. The van der Waals surface area contributed by atoms with Crippen molar-refractivity contribution in [2.75, 3.05) is 12.4 Å². The molecule has 0 saturated heterocycles. The molecule has 0 radical (unpaired) electrons. The number of carbonyl (C=O) groups excluding carboxylic acids is 1. The molecule has 0 heterocycles. The Labute approximate surface area is 141 Å². The van der Waals surface area contributed by atoms with Crippen LogP contribution in [0.25, 0.3) is 0 Å². The maximum atomic E-state index is 12.1. The minimum absolute atomic E-state index is 0.0240. The predicted octanol–water partition coefficient (Wildman–Crippen LogP) is 2.66. The summed E-state index contributed by atoms with van der Waals surface area (Å²) in [5.41, 5.74) is 4.86. The third-order valence-electron chi connectivity index (χ3n) is 3.54. The molecule has 2 aromatic carbocycles. The quantitative estimate of drug-likeness (QED) is 0.563. The van der Waals surface area contributed by atoms with Crippen molar-refractivity contribution < 1.29 is 14.6 Å². The molecule has 0 aromatic heterocycles. The number of carbonyl (C=O) groups is 1. The Hall–Kier alpha value is -3.02. The molecule has 2 aromatic rings. The summed E-state index contributed by atoms with van der Waals surface area (Å²) in [6, 6.07) is 12.3. The van der Waals surface area contributed by atoms with Crippen LogP contribution in [0, 0.1) is 6.92 Å². The Morgan fingerprint density at radius 3 is 2.71 bits per heavy atom. The maximum absolute atomic E-state index is 12.1. The minimum atomic E-state index is -0.456. The van der Waals surface area contributed by atoms with Crippen LogP contribution in [0.2, 0.25) is 0 Å². The summed E-state index contributed by atoms with van der Waals surface area (Å²) in [5, 5.41) is 17.0. The van der Waals surface area contributed by atoms with E-state index in [0.717, 1.165) is 11.3 Å². The summed E-state index contributed by atoms with van der Waals surface area (Å²) in [6.07, 6.45) is 1.37. The first kappa shape index (κ1) is 17.3. The highest BCUT2D eigenvalue weighted by atomic mass is 16.5. The number of ether oxygens (including phenoxy) is 1. The van der Waals surface area contributed by atoms with Gasteiger partial charge in [0.05, 0.1) is 13.3 Å². The Morgan fingerprint density at radius 1 is 1.25 bits per heavy atom. The van der Waals surface area contributed by atoms with Crippen LogP contribution in [0.5, 0.6) is 11.5 Å². The zero-order valence-corrected chi connectivity index (χ0v) is 13.9. The molecule has 0 unspecified atom stereocenters. The van der Waals surface area contributed by atoms with E-state index in [1.807, 2.05) is 31.2 Å². The first-order valence-electron chi connectivity index (χ1n) is 7.54. The van der Waals surface area contributed by atoms with E-state index in [4.69, 9.17) is 4.74 Å². The molecule has 0 spiro atoms. The number of nitrogens with zero attached hydrogens (tertiary/aromatic N) is 1. The highest BCUT2D eigenvalue weighted by molar-refractivity contribution is 5.88. The standard InChI is InChI=1S/C18H21N3O3/c1-12-7-4-5-9-15(12)20-13(2)18(23)21-19-11-14-8-6-10-16(24-3)17(14)22/h4-11,13,20,22H,1-3H3,(H,21,23)/b19-11-/t13-/m1/s1. The number of para-hydroxylation sites is 2. The normalized spacial score (nSPS) is 12.0. The highest BCUT2D eigenvalue weighted by Crippen LogP contribution is 2.27. The average molecular weight is 327 g/mol. The van der Waals surface area contributed by atoms with Gasteiger partial charge in [-0.15, -0.1) is 0 Å². The van der Waals surface area contributed by atoms with E-state index < -0.39 is 6.04 Å². The highest BCUT2D eigenvalue weighted by Gasteiger charge is 2.12. The molecule has 126 valence electrons. The number of aryl methyl sites for hydroxylation is 1. The number of rotatable bonds is 6. The third kappa shape index (κ3) is 4.25. The van der Waals surface area contributed by atoms with Crippen molar-refractivity contribution in [3.8, 4) is 11.5 Å². The zero-order chi connectivity index (χ0) is 17.5. The molecule has 0 aliphatic rings. The van der Waals surface area contributed by atoms with Crippen LogP contribution < -0.4 is 15.5 Å². The lowest BCUT2D eigenvalue weighted by atomic mass is 10.2. The number of anilines is 1. The molecule has 0 fully saturated rings. The van der Waals surface area contributed by atoms with E-state index in [1.54, 1.807) is 25.1 Å². The number of phenolic OH excluding ortho intramolecular Hbond substituents is 1. The zero-order valence-electron chi connectivity index (χ0n) is 13.9. The molecule has 3 N–H and O–H groups in total. The molecule has 0 bridgehead atoms. The largest absolute Gasteiger partial charge is 0.504 e. The number of hydrogen-bond acceptors (Lipinski definition) is 5. The van der Waals surface area contributed by atoms with Gasteiger partial charge in [-0.05, 0) is 37.6 Å². The molecule has 1 amide bonds. The SMILES string of the molecule is COc1cccc(/C=N\NC(=O)[C@@H](C)Nc2ccccc2C)c1O. The van der Waals surface area contributed by atoms with E-state index >= 15 is 0 Å². The van der Waals surface area contributed by atoms with Gasteiger partial charge < -0.3 is 15.2 Å². The average Bonchev–Trinajstić information content (AvgIpc) is 2.58. The van der Waals surface area contributed by atoms with E-state index in [1.165, 1.54) is 13.3 Å². The van der Waals surface area contributed by atoms with Gasteiger partial charge in [-0.25, -0.2) is 5.43 Å². The molecule has 1 atom stereocenters. The van der Waals surface area contributed by atoms with Crippen LogP contribution >= 0.6 is 0 Å². The first-order chi connectivity index (χ1) is 11.5. The molecule has 6 nitrogen and oxygen atoms in total. The van der Waals surface area contributed by atoms with Crippen LogP contribution in [-0.4, -0.2) is 30.4 Å². The fourth-order valence-corrected chi connectivity index (χ4v) is 2.10. The number of hydrazone groups is 1. The number of nitrogens with one attached hydrogen (secondary N) is 2. The van der Waals surface area contributed by atoms with Gasteiger partial charge in [0, 0.05) is 11.3 Å². The lowest BCUT2D eigenvalue weighted by Crippen LogP contribution is -2.35. The van der Waals surface area contributed by atoms with E-state index in [2.05, 4.69) is 15.8 Å². The van der Waals surface area contributed by atoms with Crippen LogP contribution in [0.1, 0.15) is 18.1 Å². The molecule has 24 heavy (non-hydrogen) atoms. The van der Waals surface area contributed by atoms with E-state index in [9.17, 15) is 9.90 Å². The summed E-state index contributed by atoms with van der Waals surface area (Å²) >= 11 is 0. The Kier molecular flexibility index (Phi) is 5.78. The molecular weight excluding hydrogens is 306 g/mol. The van der Waals surface area contributed by atoms with Gasteiger partial charge in [0.15, 0.2) is 11.5 Å². The van der Waals surface area contributed by atoms with Gasteiger partial charge in [-0.3, -0.25) is 4.79 Å². The molecule has 6 heteroatoms. The van der Waals surface area contributed by atoms with Crippen molar-refractivity contribution in [1.82, 2.24) is 5.43 Å². The fraction of sp³-hybridized carbons (Fsp3) is 0.222. The van der Waals surface area contributed by atoms with Gasteiger partial charge in [-0.2, -0.15) is 5.10 Å². The summed E-state index contributed by atoms with van der Waals surface area (Å²) < 4.78 is 5.02. The molecule has 0 saturated carbocycles. The number of phenols is 1. The van der Waals surface area contributed by atoms with Crippen molar-refractivity contribution in [1.29, 1.82) is 0 Å². The topological polar surface area (TPSA) is 83.0 Å². The van der Waals surface area contributed by atoms with Crippen molar-refractivity contribution in [3.05, 3.63) is 53.6 Å². The lowest BCUT2D eigenvalue weighted by Gasteiger charge is -2.15. The molecular formula is C18H21N3O3. The van der Waals surface area contributed by atoms with Crippen LogP contribution in [0.15, 0.2) is 47.6 Å². The second-order valence-electron chi connectivity index (χ2n) is 5.31. The van der Waals surface area contributed by atoms with Gasteiger partial charge in [0.2, 0.25) is 0 Å². The van der Waals surface area contributed by atoms with Gasteiger partial charge in [0.25, 0.3) is 5.91 Å². The molecule has 0 aliphatic heterocycles. The van der Waals surface area contributed by atoms with Crippen LogP contribution in [-0.2, 0) is 4.79 Å². The van der Waals surface area contributed by atoms with Gasteiger partial charge >= 0.3 is 0 Å². The number of amides is 1. The Morgan fingerprint density at radius 2 is 2.00 bits per heavy atom.